The number of nitrogens with zero attached hydrogens (tertiary/aromatic N) is 2. The molecule has 0 unspecified atom stereocenters. The number of benzene rings is 2. The maximum atomic E-state index is 13.6. The van der Waals surface area contributed by atoms with Crippen molar-refractivity contribution in [3.05, 3.63) is 119 Å². The molecule has 1 aliphatic rings. The first-order valence-corrected chi connectivity index (χ1v) is 13.7. The number of methoxy groups -OCH3 is 1. The summed E-state index contributed by atoms with van der Waals surface area (Å²) >= 11 is 0. The van der Waals surface area contributed by atoms with Crippen LogP contribution in [0.4, 0.5) is 0 Å². The summed E-state index contributed by atoms with van der Waals surface area (Å²) < 4.78 is 39.4. The molecule has 0 aliphatic carbocycles. The van der Waals surface area contributed by atoms with Crippen LogP contribution in [0.15, 0.2) is 106 Å². The van der Waals surface area contributed by atoms with E-state index in [0.717, 1.165) is 11.1 Å². The number of furan rings is 1. The summed E-state index contributed by atoms with van der Waals surface area (Å²) in [5.41, 5.74) is 2.52. The van der Waals surface area contributed by atoms with Crippen LogP contribution in [0.5, 0.6) is 0 Å². The van der Waals surface area contributed by atoms with Gasteiger partial charge in [0.05, 0.1) is 29.7 Å². The maximum absolute atomic E-state index is 13.6. The van der Waals surface area contributed by atoms with Crippen molar-refractivity contribution in [1.82, 2.24) is 9.21 Å². The Morgan fingerprint density at radius 2 is 1.72 bits per heavy atom. The Labute approximate surface area is 228 Å². The summed E-state index contributed by atoms with van der Waals surface area (Å²) in [6.07, 6.45) is 3.04. The molecule has 0 spiro atoms. The Bertz CT molecular complexity index is 1550. The van der Waals surface area contributed by atoms with Crippen molar-refractivity contribution in [2.24, 2.45) is 0 Å². The lowest BCUT2D eigenvalue weighted by molar-refractivity contribution is -0.136. The van der Waals surface area contributed by atoms with Gasteiger partial charge in [-0.05, 0) is 49.8 Å². The number of esters is 1. The van der Waals surface area contributed by atoms with Gasteiger partial charge in [0.2, 0.25) is 10.0 Å². The molecule has 1 amide bonds. The summed E-state index contributed by atoms with van der Waals surface area (Å²) in [5.74, 6) is -0.334. The van der Waals surface area contributed by atoms with Crippen LogP contribution < -0.4 is 0 Å². The van der Waals surface area contributed by atoms with Crippen LogP contribution in [0, 0.1) is 6.92 Å². The standard InChI is InChI=1S/C30H30N2O6S/c1-5-17-32-22(3)28(30(34)37-4)27(29(32)33)18-24-13-14-25(38-24)20-31(19-23-9-7-6-8-10-23)39(35,36)26-15-11-21(2)12-16-26/h5-16,18H,1,17,19-20H2,2-4H3/b27-18+. The summed E-state index contributed by atoms with van der Waals surface area (Å²) in [4.78, 5) is 27.2. The van der Waals surface area contributed by atoms with Crippen molar-refractivity contribution >= 4 is 28.0 Å². The highest BCUT2D eigenvalue weighted by Crippen LogP contribution is 2.32. The second-order valence-electron chi connectivity index (χ2n) is 9.09. The first-order chi connectivity index (χ1) is 18.6. The van der Waals surface area contributed by atoms with E-state index in [9.17, 15) is 18.0 Å². The lowest BCUT2D eigenvalue weighted by Crippen LogP contribution is -2.30. The van der Waals surface area contributed by atoms with Crippen molar-refractivity contribution < 1.29 is 27.2 Å². The summed E-state index contributed by atoms with van der Waals surface area (Å²) in [6.45, 7) is 7.57. The molecular formula is C30H30N2O6S. The van der Waals surface area contributed by atoms with Gasteiger partial charge < -0.3 is 14.1 Å². The summed E-state index contributed by atoms with van der Waals surface area (Å²) in [5, 5.41) is 0. The van der Waals surface area contributed by atoms with E-state index in [1.165, 1.54) is 22.4 Å². The molecular weight excluding hydrogens is 516 g/mol. The molecule has 0 radical (unpaired) electrons. The lowest BCUT2D eigenvalue weighted by atomic mass is 10.1. The molecule has 0 N–H and O–H groups in total. The number of carbonyl (C=O) groups excluding carboxylic acids is 2. The molecule has 8 nitrogen and oxygen atoms in total. The minimum Gasteiger partial charge on any atom is -0.465 e. The number of rotatable bonds is 10. The van der Waals surface area contributed by atoms with Gasteiger partial charge in [-0.25, -0.2) is 13.2 Å². The molecule has 3 aromatic rings. The van der Waals surface area contributed by atoms with Crippen molar-refractivity contribution in [3.63, 3.8) is 0 Å². The van der Waals surface area contributed by atoms with E-state index < -0.39 is 16.0 Å². The van der Waals surface area contributed by atoms with Crippen LogP contribution in [0.3, 0.4) is 0 Å². The zero-order valence-corrected chi connectivity index (χ0v) is 22.9. The van der Waals surface area contributed by atoms with Gasteiger partial charge in [-0.1, -0.05) is 54.1 Å². The third-order valence-electron chi connectivity index (χ3n) is 6.37. The quantitative estimate of drug-likeness (QED) is 0.205. The second kappa shape index (κ2) is 11.7. The number of hydrogen-bond donors (Lipinski definition) is 0. The zero-order chi connectivity index (χ0) is 28.2. The van der Waals surface area contributed by atoms with Crippen LogP contribution in [0.2, 0.25) is 0 Å². The van der Waals surface area contributed by atoms with Crippen molar-refractivity contribution in [3.8, 4) is 0 Å². The number of ether oxygens (including phenoxy) is 1. The van der Waals surface area contributed by atoms with Gasteiger partial charge in [0, 0.05) is 18.8 Å². The Kier molecular flexibility index (Phi) is 8.32. The number of hydrogen-bond acceptors (Lipinski definition) is 6. The van der Waals surface area contributed by atoms with E-state index in [1.54, 1.807) is 49.4 Å². The number of aryl methyl sites for hydroxylation is 1. The van der Waals surface area contributed by atoms with Gasteiger partial charge in [0.25, 0.3) is 5.91 Å². The zero-order valence-electron chi connectivity index (χ0n) is 22.1. The molecule has 1 aromatic heterocycles. The van der Waals surface area contributed by atoms with E-state index in [1.807, 2.05) is 37.3 Å². The van der Waals surface area contributed by atoms with Crippen LogP contribution in [0.1, 0.15) is 29.6 Å². The molecule has 0 bridgehead atoms. The van der Waals surface area contributed by atoms with E-state index in [4.69, 9.17) is 9.15 Å². The first-order valence-electron chi connectivity index (χ1n) is 12.3. The Hall–Kier alpha value is -4.21. The third-order valence-corrected chi connectivity index (χ3v) is 8.18. The van der Waals surface area contributed by atoms with Gasteiger partial charge in [0.1, 0.15) is 11.5 Å². The second-order valence-corrected chi connectivity index (χ2v) is 11.0. The number of carbonyl (C=O) groups is 2. The highest BCUT2D eigenvalue weighted by atomic mass is 32.2. The first kappa shape index (κ1) is 27.8. The minimum atomic E-state index is -3.86. The minimum absolute atomic E-state index is 0.0382. The molecule has 0 saturated heterocycles. The molecule has 2 aromatic carbocycles. The van der Waals surface area contributed by atoms with Gasteiger partial charge >= 0.3 is 5.97 Å². The number of amides is 1. The Morgan fingerprint density at radius 1 is 1.03 bits per heavy atom. The Morgan fingerprint density at radius 3 is 2.36 bits per heavy atom. The monoisotopic (exact) mass is 546 g/mol. The van der Waals surface area contributed by atoms with Crippen molar-refractivity contribution in [2.75, 3.05) is 13.7 Å². The highest BCUT2D eigenvalue weighted by molar-refractivity contribution is 7.89. The molecule has 39 heavy (non-hydrogen) atoms. The highest BCUT2D eigenvalue weighted by Gasteiger charge is 2.36. The molecule has 202 valence electrons. The molecule has 1 aliphatic heterocycles. The average molecular weight is 547 g/mol. The largest absolute Gasteiger partial charge is 0.465 e. The van der Waals surface area contributed by atoms with Crippen molar-refractivity contribution in [1.29, 1.82) is 0 Å². The molecule has 9 heteroatoms. The van der Waals surface area contributed by atoms with E-state index >= 15 is 0 Å². The predicted octanol–water partition coefficient (Wildman–Crippen LogP) is 4.84. The van der Waals surface area contributed by atoms with E-state index in [0.29, 0.717) is 17.2 Å². The van der Waals surface area contributed by atoms with Gasteiger partial charge in [-0.15, -0.1) is 6.58 Å². The van der Waals surface area contributed by atoms with E-state index in [2.05, 4.69) is 6.58 Å². The number of sulfonamides is 1. The molecule has 4 rings (SSSR count). The fourth-order valence-electron chi connectivity index (χ4n) is 4.32. The molecule has 0 fully saturated rings. The van der Waals surface area contributed by atoms with Gasteiger partial charge in [-0.3, -0.25) is 4.79 Å². The summed E-state index contributed by atoms with van der Waals surface area (Å²) in [6, 6.07) is 19.3. The molecule has 0 saturated carbocycles. The maximum Gasteiger partial charge on any atom is 0.340 e. The number of allylic oxidation sites excluding steroid dienone is 1. The smallest absolute Gasteiger partial charge is 0.340 e. The fourth-order valence-corrected chi connectivity index (χ4v) is 5.72. The van der Waals surface area contributed by atoms with E-state index in [-0.39, 0.29) is 41.6 Å². The Balaban J connectivity index is 1.67. The molecule has 0 atom stereocenters. The van der Waals surface area contributed by atoms with Crippen LogP contribution in [-0.2, 0) is 37.4 Å². The van der Waals surface area contributed by atoms with Crippen LogP contribution in [0.25, 0.3) is 6.08 Å². The third kappa shape index (κ3) is 5.94. The van der Waals surface area contributed by atoms with Crippen molar-refractivity contribution in [2.45, 2.75) is 31.8 Å². The lowest BCUT2D eigenvalue weighted by Gasteiger charge is -2.21. The average Bonchev–Trinajstić information content (AvgIpc) is 3.46. The predicted molar refractivity (Wildman–Crippen MR) is 147 cm³/mol. The topological polar surface area (TPSA) is 97.1 Å². The SMILES string of the molecule is C=CCN1C(=O)/C(=C/c2ccc(CN(Cc3ccccc3)S(=O)(=O)c3ccc(C)cc3)o2)C(C(=O)OC)=C1C. The van der Waals surface area contributed by atoms with Gasteiger partial charge in [0.15, 0.2) is 0 Å². The van der Waals surface area contributed by atoms with Crippen LogP contribution in [-0.4, -0.2) is 43.2 Å². The van der Waals surface area contributed by atoms with Crippen LogP contribution >= 0.6 is 0 Å². The van der Waals surface area contributed by atoms with Gasteiger partial charge in [-0.2, -0.15) is 4.31 Å². The fraction of sp³-hybridized carbons (Fsp3) is 0.200. The normalized spacial score (nSPS) is 14.9. The molecule has 2 heterocycles. The summed E-state index contributed by atoms with van der Waals surface area (Å²) in [7, 11) is -2.61.